The average molecular weight is 529 g/mol. The highest BCUT2D eigenvalue weighted by molar-refractivity contribution is 7.21. The molecule has 0 radical (unpaired) electrons. The van der Waals surface area contributed by atoms with Gasteiger partial charge in [-0.05, 0) is 69.5 Å². The molecule has 4 rings (SSSR count). The average Bonchev–Trinajstić information content (AvgIpc) is 3.60. The Bertz CT molecular complexity index is 1180. The number of aliphatic carboxylic acids is 1. The molecule has 7 nitrogen and oxygen atoms in total. The lowest BCUT2D eigenvalue weighted by atomic mass is 10.0. The molecule has 1 aliphatic rings. The number of hydrogen-bond acceptors (Lipinski definition) is 7. The van der Waals surface area contributed by atoms with E-state index < -0.39 is 12.1 Å². The maximum absolute atomic E-state index is 13.0. The van der Waals surface area contributed by atoms with E-state index in [2.05, 4.69) is 10.3 Å². The first-order valence-corrected chi connectivity index (χ1v) is 14.0. The number of thiazole rings is 1. The Hall–Kier alpha value is -2.75. The van der Waals surface area contributed by atoms with Gasteiger partial charge >= 0.3 is 5.97 Å². The molecule has 1 aliphatic carbocycles. The van der Waals surface area contributed by atoms with Gasteiger partial charge in [0.2, 0.25) is 0 Å². The van der Waals surface area contributed by atoms with Crippen LogP contribution in [0.2, 0.25) is 0 Å². The molecule has 0 bridgehead atoms. The monoisotopic (exact) mass is 528 g/mol. The molecule has 36 heavy (non-hydrogen) atoms. The molecule has 1 atom stereocenters. The first-order chi connectivity index (χ1) is 17.3. The number of hydrogen-bond donors (Lipinski definition) is 2. The van der Waals surface area contributed by atoms with E-state index in [4.69, 9.17) is 9.47 Å². The molecule has 1 amide bonds. The zero-order chi connectivity index (χ0) is 25.7. The van der Waals surface area contributed by atoms with Crippen LogP contribution in [-0.2, 0) is 22.5 Å². The van der Waals surface area contributed by atoms with Crippen molar-refractivity contribution in [3.8, 4) is 15.6 Å². The summed E-state index contributed by atoms with van der Waals surface area (Å²) in [5.74, 6) is -0.516. The fourth-order valence-corrected chi connectivity index (χ4v) is 6.01. The molecule has 192 valence electrons. The number of carbonyl (C=O) groups excluding carboxylic acids is 1. The molecule has 2 heterocycles. The van der Waals surface area contributed by atoms with Crippen LogP contribution in [0.3, 0.4) is 0 Å². The number of thiophene rings is 1. The van der Waals surface area contributed by atoms with Crippen molar-refractivity contribution in [1.82, 2.24) is 10.3 Å². The zero-order valence-electron chi connectivity index (χ0n) is 20.8. The van der Waals surface area contributed by atoms with Gasteiger partial charge in [-0.2, -0.15) is 0 Å². The summed E-state index contributed by atoms with van der Waals surface area (Å²) in [6, 6.07) is 9.64. The normalized spacial score (nSPS) is 14.8. The summed E-state index contributed by atoms with van der Waals surface area (Å²) < 4.78 is 11.9. The molecule has 2 aromatic heterocycles. The predicted octanol–water partition coefficient (Wildman–Crippen LogP) is 5.85. The summed E-state index contributed by atoms with van der Waals surface area (Å²) in [5.41, 5.74) is 2.05. The Morgan fingerprint density at radius 3 is 2.67 bits per heavy atom. The highest BCUT2D eigenvalue weighted by atomic mass is 32.1. The van der Waals surface area contributed by atoms with Crippen molar-refractivity contribution in [3.63, 3.8) is 0 Å². The van der Waals surface area contributed by atoms with Gasteiger partial charge in [-0.15, -0.1) is 22.7 Å². The number of carboxylic acid groups (broad SMARTS) is 1. The molecule has 0 spiro atoms. The van der Waals surface area contributed by atoms with Crippen LogP contribution in [0.4, 0.5) is 0 Å². The van der Waals surface area contributed by atoms with Crippen molar-refractivity contribution in [1.29, 1.82) is 0 Å². The smallest absolute Gasteiger partial charge is 0.333 e. The molecular formula is C27H32N2O5S2. The second-order valence-corrected chi connectivity index (χ2v) is 11.4. The van der Waals surface area contributed by atoms with Crippen LogP contribution in [0, 0.1) is 6.92 Å². The maximum Gasteiger partial charge on any atom is 0.333 e. The van der Waals surface area contributed by atoms with E-state index in [0.717, 1.165) is 57.3 Å². The lowest BCUT2D eigenvalue weighted by Crippen LogP contribution is -2.29. The van der Waals surface area contributed by atoms with Crippen LogP contribution in [0.15, 0.2) is 35.7 Å². The van der Waals surface area contributed by atoms with Gasteiger partial charge in [0.1, 0.15) is 16.5 Å². The third-order valence-corrected chi connectivity index (χ3v) is 8.05. The van der Waals surface area contributed by atoms with Crippen molar-refractivity contribution in [2.75, 3.05) is 0 Å². The minimum Gasteiger partial charge on any atom is -0.490 e. The maximum atomic E-state index is 13.0. The summed E-state index contributed by atoms with van der Waals surface area (Å²) in [5, 5.41) is 15.4. The van der Waals surface area contributed by atoms with E-state index in [0.29, 0.717) is 5.69 Å². The fourth-order valence-electron chi connectivity index (χ4n) is 4.31. The lowest BCUT2D eigenvalue weighted by molar-refractivity contribution is -0.153. The molecule has 3 aromatic rings. The second kappa shape index (κ2) is 12.0. The molecule has 9 heteroatoms. The first kappa shape index (κ1) is 26.3. The second-order valence-electron chi connectivity index (χ2n) is 9.27. The quantitative estimate of drug-likeness (QED) is 0.324. The van der Waals surface area contributed by atoms with Crippen LogP contribution >= 0.6 is 22.7 Å². The predicted molar refractivity (Wildman–Crippen MR) is 142 cm³/mol. The summed E-state index contributed by atoms with van der Waals surface area (Å²) in [4.78, 5) is 31.2. The van der Waals surface area contributed by atoms with Gasteiger partial charge in [0.15, 0.2) is 6.10 Å². The van der Waals surface area contributed by atoms with E-state index in [1.807, 2.05) is 56.5 Å². The highest BCUT2D eigenvalue weighted by Gasteiger charge is 2.23. The Morgan fingerprint density at radius 1 is 1.22 bits per heavy atom. The lowest BCUT2D eigenvalue weighted by Gasteiger charge is -2.20. The number of rotatable bonds is 11. The molecule has 0 aliphatic heterocycles. The van der Waals surface area contributed by atoms with Gasteiger partial charge in [-0.1, -0.05) is 18.2 Å². The van der Waals surface area contributed by atoms with Crippen LogP contribution in [0.25, 0.3) is 9.88 Å². The number of aromatic nitrogens is 1. The SMILES string of the molecule is Cc1sc(-c2cccs2)nc1C(=O)NCc1cc(CC(OC(C)C)C(=O)O)ccc1OC1CCCC1. The number of carbonyl (C=O) groups is 2. The standard InChI is InChI=1S/C27H32N2O5S2/c1-16(2)33-22(27(31)32)14-18-10-11-21(34-20-7-4-5-8-20)19(13-18)15-28-25(30)24-17(3)36-26(29-24)23-9-6-12-35-23/h6,9-13,16,20,22H,4-5,7-8,14-15H2,1-3H3,(H,28,30)(H,31,32). The number of carboxylic acids is 1. The van der Waals surface area contributed by atoms with Gasteiger partial charge in [-0.3, -0.25) is 4.79 Å². The minimum absolute atomic E-state index is 0.162. The largest absolute Gasteiger partial charge is 0.490 e. The number of ether oxygens (including phenoxy) is 2. The Morgan fingerprint density at radius 2 is 2.00 bits per heavy atom. The van der Waals surface area contributed by atoms with Gasteiger partial charge in [-0.25, -0.2) is 9.78 Å². The Labute approximate surface area is 219 Å². The van der Waals surface area contributed by atoms with E-state index in [-0.39, 0.29) is 31.1 Å². The minimum atomic E-state index is -0.995. The van der Waals surface area contributed by atoms with Gasteiger partial charge < -0.3 is 19.9 Å². The summed E-state index contributed by atoms with van der Waals surface area (Å²) >= 11 is 3.10. The number of benzene rings is 1. The molecular weight excluding hydrogens is 496 g/mol. The van der Waals surface area contributed by atoms with Crippen LogP contribution in [0.5, 0.6) is 5.75 Å². The number of aryl methyl sites for hydroxylation is 1. The Kier molecular flexibility index (Phi) is 8.77. The van der Waals surface area contributed by atoms with Gasteiger partial charge in [0.05, 0.1) is 17.1 Å². The van der Waals surface area contributed by atoms with Crippen LogP contribution < -0.4 is 10.1 Å². The summed E-state index contributed by atoms with van der Waals surface area (Å²) in [7, 11) is 0. The third-order valence-electron chi connectivity index (χ3n) is 6.04. The first-order valence-electron chi connectivity index (χ1n) is 12.3. The topological polar surface area (TPSA) is 97.8 Å². The number of nitrogens with one attached hydrogen (secondary N) is 1. The zero-order valence-corrected chi connectivity index (χ0v) is 22.4. The highest BCUT2D eigenvalue weighted by Crippen LogP contribution is 2.31. The van der Waals surface area contributed by atoms with Gasteiger partial charge in [0.25, 0.3) is 5.91 Å². The molecule has 1 saturated carbocycles. The third kappa shape index (κ3) is 6.72. The van der Waals surface area contributed by atoms with Crippen molar-refractivity contribution in [2.45, 2.75) is 77.7 Å². The molecule has 1 unspecified atom stereocenters. The summed E-state index contributed by atoms with van der Waals surface area (Å²) in [6.45, 7) is 5.79. The van der Waals surface area contributed by atoms with Crippen molar-refractivity contribution < 1.29 is 24.2 Å². The molecule has 1 aromatic carbocycles. The van der Waals surface area contributed by atoms with E-state index >= 15 is 0 Å². The van der Waals surface area contributed by atoms with Crippen molar-refractivity contribution in [2.24, 2.45) is 0 Å². The number of nitrogens with zero attached hydrogens (tertiary/aromatic N) is 1. The van der Waals surface area contributed by atoms with Gasteiger partial charge in [0, 0.05) is 23.4 Å². The molecule has 2 N–H and O–H groups in total. The van der Waals surface area contributed by atoms with Crippen LogP contribution in [0.1, 0.15) is 66.0 Å². The molecule has 1 fully saturated rings. The fraction of sp³-hybridized carbons (Fsp3) is 0.444. The van der Waals surface area contributed by atoms with Crippen molar-refractivity contribution in [3.05, 3.63) is 57.4 Å². The van der Waals surface area contributed by atoms with Crippen molar-refractivity contribution >= 4 is 34.6 Å². The molecule has 0 saturated heterocycles. The van der Waals surface area contributed by atoms with E-state index in [1.54, 1.807) is 11.3 Å². The van der Waals surface area contributed by atoms with E-state index in [9.17, 15) is 14.7 Å². The Balaban J connectivity index is 1.52. The van der Waals surface area contributed by atoms with Crippen LogP contribution in [-0.4, -0.2) is 40.3 Å². The summed E-state index contributed by atoms with van der Waals surface area (Å²) in [6.07, 6.45) is 3.58. The van der Waals surface area contributed by atoms with E-state index in [1.165, 1.54) is 11.3 Å². The number of amides is 1.